The molecule has 0 saturated carbocycles. The molecule has 28 heavy (non-hydrogen) atoms. The van der Waals surface area contributed by atoms with E-state index in [9.17, 15) is 4.79 Å². The molecule has 1 aliphatic rings. The van der Waals surface area contributed by atoms with Gasteiger partial charge in [-0.2, -0.15) is 0 Å². The molecule has 0 aliphatic carbocycles. The Kier molecular flexibility index (Phi) is 4.20. The van der Waals surface area contributed by atoms with Crippen molar-refractivity contribution in [2.75, 3.05) is 13.1 Å². The number of fused-ring (bicyclic) bond motifs is 2. The number of furan rings is 1. The number of hydrogen-bond donors (Lipinski definition) is 0. The summed E-state index contributed by atoms with van der Waals surface area (Å²) in [5.74, 6) is 1.74. The number of nitrogens with zero attached hydrogens (tertiary/aromatic N) is 2. The average Bonchev–Trinajstić information content (AvgIpc) is 3.35. The van der Waals surface area contributed by atoms with Crippen molar-refractivity contribution in [3.05, 3.63) is 72.3 Å². The Balaban J connectivity index is 1.22. The maximum atomic E-state index is 12.5. The van der Waals surface area contributed by atoms with E-state index in [0.29, 0.717) is 18.8 Å². The van der Waals surface area contributed by atoms with Crippen LogP contribution in [-0.4, -0.2) is 28.9 Å². The molecular weight excluding hydrogens is 352 g/mol. The Bertz CT molecular complexity index is 1100. The number of para-hydroxylation sites is 3. The average molecular weight is 372 g/mol. The second-order valence-electron chi connectivity index (χ2n) is 7.14. The molecule has 5 nitrogen and oxygen atoms in total. The molecule has 2 aromatic carbocycles. The van der Waals surface area contributed by atoms with E-state index in [2.05, 4.69) is 4.98 Å². The van der Waals surface area contributed by atoms with Gasteiger partial charge in [0.15, 0.2) is 11.5 Å². The quantitative estimate of drug-likeness (QED) is 0.475. The predicted molar refractivity (Wildman–Crippen MR) is 108 cm³/mol. The van der Waals surface area contributed by atoms with Crippen LogP contribution in [0.25, 0.3) is 28.1 Å². The van der Waals surface area contributed by atoms with Crippen molar-refractivity contribution in [3.8, 4) is 0 Å². The van der Waals surface area contributed by atoms with Crippen LogP contribution in [0, 0.1) is 0 Å². The van der Waals surface area contributed by atoms with Crippen molar-refractivity contribution in [2.45, 2.75) is 18.8 Å². The summed E-state index contributed by atoms with van der Waals surface area (Å²) in [6.45, 7) is 1.40. The first-order valence-electron chi connectivity index (χ1n) is 9.57. The lowest BCUT2D eigenvalue weighted by molar-refractivity contribution is -0.127. The molecule has 0 bridgehead atoms. The van der Waals surface area contributed by atoms with E-state index in [4.69, 9.17) is 8.83 Å². The van der Waals surface area contributed by atoms with Gasteiger partial charge in [-0.1, -0.05) is 30.3 Å². The van der Waals surface area contributed by atoms with E-state index in [0.717, 1.165) is 40.8 Å². The van der Waals surface area contributed by atoms with Crippen molar-refractivity contribution in [2.24, 2.45) is 0 Å². The van der Waals surface area contributed by atoms with Gasteiger partial charge in [0, 0.05) is 30.5 Å². The van der Waals surface area contributed by atoms with Gasteiger partial charge in [-0.3, -0.25) is 4.79 Å². The van der Waals surface area contributed by atoms with Gasteiger partial charge in [-0.25, -0.2) is 4.98 Å². The van der Waals surface area contributed by atoms with Gasteiger partial charge in [0.05, 0.1) is 0 Å². The van der Waals surface area contributed by atoms with Gasteiger partial charge in [-0.05, 0) is 43.2 Å². The second kappa shape index (κ2) is 7.00. The van der Waals surface area contributed by atoms with Crippen LogP contribution >= 0.6 is 0 Å². The van der Waals surface area contributed by atoms with Crippen LogP contribution in [0.2, 0.25) is 0 Å². The predicted octanol–water partition coefficient (Wildman–Crippen LogP) is 4.99. The van der Waals surface area contributed by atoms with Crippen LogP contribution in [0.1, 0.15) is 30.4 Å². The van der Waals surface area contributed by atoms with Crippen molar-refractivity contribution >= 4 is 34.1 Å². The molecular formula is C23H20N2O3. The summed E-state index contributed by atoms with van der Waals surface area (Å²) in [5.41, 5.74) is 2.54. The zero-order chi connectivity index (χ0) is 18.9. The molecule has 0 atom stereocenters. The van der Waals surface area contributed by atoms with Crippen molar-refractivity contribution in [3.63, 3.8) is 0 Å². The van der Waals surface area contributed by atoms with Gasteiger partial charge in [-0.15, -0.1) is 0 Å². The third-order valence-corrected chi connectivity index (χ3v) is 5.30. The number of carbonyl (C=O) groups excluding carboxylic acids is 1. The minimum atomic E-state index is 0.0106. The van der Waals surface area contributed by atoms with Crippen LogP contribution in [0.5, 0.6) is 0 Å². The Morgan fingerprint density at radius 3 is 2.54 bits per heavy atom. The first-order chi connectivity index (χ1) is 13.8. The van der Waals surface area contributed by atoms with Gasteiger partial charge in [0.2, 0.25) is 5.91 Å². The van der Waals surface area contributed by atoms with E-state index in [-0.39, 0.29) is 11.8 Å². The standard InChI is InChI=1S/C23H20N2O3/c26-22(10-9-18-15-17-5-1-3-7-20(17)27-18)25-13-11-16(12-14-25)23-24-19-6-2-4-8-21(19)28-23/h1-10,15-16H,11-14H2/b10-9+. The van der Waals surface area contributed by atoms with Gasteiger partial charge < -0.3 is 13.7 Å². The van der Waals surface area contributed by atoms with E-state index in [1.165, 1.54) is 0 Å². The topological polar surface area (TPSA) is 59.5 Å². The Morgan fingerprint density at radius 1 is 1.00 bits per heavy atom. The van der Waals surface area contributed by atoms with Crippen LogP contribution in [0.4, 0.5) is 0 Å². The highest BCUT2D eigenvalue weighted by Gasteiger charge is 2.26. The third-order valence-electron chi connectivity index (χ3n) is 5.30. The first-order valence-corrected chi connectivity index (χ1v) is 9.57. The molecule has 5 rings (SSSR count). The van der Waals surface area contributed by atoms with Crippen LogP contribution in [0.15, 0.2) is 69.5 Å². The highest BCUT2D eigenvalue weighted by atomic mass is 16.3. The second-order valence-corrected chi connectivity index (χ2v) is 7.14. The summed E-state index contributed by atoms with van der Waals surface area (Å²) in [6, 6.07) is 17.6. The van der Waals surface area contributed by atoms with E-state index in [1.807, 2.05) is 59.5 Å². The van der Waals surface area contributed by atoms with Crippen LogP contribution < -0.4 is 0 Å². The SMILES string of the molecule is O=C(/C=C/c1cc2ccccc2o1)N1CCC(c2nc3ccccc3o2)CC1. The Morgan fingerprint density at radius 2 is 1.75 bits per heavy atom. The van der Waals surface area contributed by atoms with Crippen LogP contribution in [0.3, 0.4) is 0 Å². The lowest BCUT2D eigenvalue weighted by Crippen LogP contribution is -2.36. The Hall–Kier alpha value is -3.34. The van der Waals surface area contributed by atoms with Gasteiger partial charge in [0.1, 0.15) is 16.9 Å². The number of hydrogen-bond acceptors (Lipinski definition) is 4. The molecule has 0 radical (unpaired) electrons. The smallest absolute Gasteiger partial charge is 0.246 e. The molecule has 0 N–H and O–H groups in total. The molecule has 4 aromatic rings. The molecule has 1 fully saturated rings. The van der Waals surface area contributed by atoms with Crippen molar-refractivity contribution in [1.29, 1.82) is 0 Å². The summed E-state index contributed by atoms with van der Waals surface area (Å²) < 4.78 is 11.6. The van der Waals surface area contributed by atoms with Gasteiger partial charge >= 0.3 is 0 Å². The maximum Gasteiger partial charge on any atom is 0.246 e. The molecule has 2 aromatic heterocycles. The fourth-order valence-corrected chi connectivity index (χ4v) is 3.75. The highest BCUT2D eigenvalue weighted by Crippen LogP contribution is 2.30. The van der Waals surface area contributed by atoms with E-state index in [1.54, 1.807) is 12.2 Å². The normalized spacial score (nSPS) is 15.8. The third kappa shape index (κ3) is 3.20. The number of carbonyl (C=O) groups is 1. The number of amides is 1. The zero-order valence-corrected chi connectivity index (χ0v) is 15.4. The number of piperidine rings is 1. The first kappa shape index (κ1) is 16.8. The maximum absolute atomic E-state index is 12.5. The molecule has 3 heterocycles. The zero-order valence-electron chi connectivity index (χ0n) is 15.4. The number of rotatable bonds is 3. The number of benzene rings is 2. The fourth-order valence-electron chi connectivity index (χ4n) is 3.75. The molecule has 1 saturated heterocycles. The summed E-state index contributed by atoms with van der Waals surface area (Å²) in [6.07, 6.45) is 5.06. The monoisotopic (exact) mass is 372 g/mol. The number of oxazole rings is 1. The van der Waals surface area contributed by atoms with Crippen LogP contribution in [-0.2, 0) is 4.79 Å². The summed E-state index contributed by atoms with van der Waals surface area (Å²) >= 11 is 0. The molecule has 1 aliphatic heterocycles. The molecule has 1 amide bonds. The number of aromatic nitrogens is 1. The van der Waals surface area contributed by atoms with Crippen molar-refractivity contribution < 1.29 is 13.6 Å². The van der Waals surface area contributed by atoms with E-state index < -0.39 is 0 Å². The summed E-state index contributed by atoms with van der Waals surface area (Å²) in [4.78, 5) is 19.0. The fraction of sp³-hybridized carbons (Fsp3) is 0.217. The van der Waals surface area contributed by atoms with E-state index >= 15 is 0 Å². The minimum Gasteiger partial charge on any atom is -0.457 e. The lowest BCUT2D eigenvalue weighted by Gasteiger charge is -2.29. The highest BCUT2D eigenvalue weighted by molar-refractivity contribution is 5.92. The lowest BCUT2D eigenvalue weighted by atomic mass is 9.97. The molecule has 0 spiro atoms. The molecule has 140 valence electrons. The molecule has 5 heteroatoms. The largest absolute Gasteiger partial charge is 0.457 e. The summed E-state index contributed by atoms with van der Waals surface area (Å²) in [7, 11) is 0. The molecule has 0 unspecified atom stereocenters. The summed E-state index contributed by atoms with van der Waals surface area (Å²) in [5, 5.41) is 1.04. The minimum absolute atomic E-state index is 0.0106. The Labute approximate surface area is 162 Å². The van der Waals surface area contributed by atoms with Gasteiger partial charge in [0.25, 0.3) is 0 Å². The number of likely N-dealkylation sites (tertiary alicyclic amines) is 1. The van der Waals surface area contributed by atoms with Crippen molar-refractivity contribution in [1.82, 2.24) is 9.88 Å².